The minimum atomic E-state index is -0.587. The average Bonchev–Trinajstić information content (AvgIpc) is 2.67. The molecule has 0 aromatic heterocycles. The summed E-state index contributed by atoms with van der Waals surface area (Å²) in [5, 5.41) is 0. The van der Waals surface area contributed by atoms with Crippen molar-refractivity contribution in [1.82, 2.24) is 4.90 Å². The minimum Gasteiger partial charge on any atom is -0.481 e. The number of carbonyl (C=O) groups excluding carboxylic acids is 2. The van der Waals surface area contributed by atoms with Gasteiger partial charge in [-0.1, -0.05) is 13.8 Å². The van der Waals surface area contributed by atoms with Crippen molar-refractivity contribution in [2.24, 2.45) is 11.8 Å². The molecule has 0 bridgehead atoms. The van der Waals surface area contributed by atoms with Crippen molar-refractivity contribution in [3.63, 3.8) is 0 Å². The number of hydrogen-bond acceptors (Lipinski definition) is 3. The molecule has 3 rings (SSSR count). The number of amides is 1. The summed E-state index contributed by atoms with van der Waals surface area (Å²) in [5.74, 6) is 0.955. The monoisotopic (exact) mass is 383 g/mol. The van der Waals surface area contributed by atoms with E-state index in [2.05, 4.69) is 13.8 Å². The van der Waals surface area contributed by atoms with Crippen LogP contribution in [0, 0.1) is 17.7 Å². The first-order valence-electron chi connectivity index (χ1n) is 9.69. The van der Waals surface area contributed by atoms with Gasteiger partial charge in [-0.2, -0.15) is 0 Å². The predicted molar refractivity (Wildman–Crippen MR) is 106 cm³/mol. The van der Waals surface area contributed by atoms with E-state index in [9.17, 15) is 14.0 Å². The van der Waals surface area contributed by atoms with Crippen LogP contribution in [0.1, 0.15) is 43.1 Å². The number of likely N-dealkylation sites (tertiary alicyclic amines) is 1. The summed E-state index contributed by atoms with van der Waals surface area (Å²) in [6, 6.07) is 12.1. The molecule has 1 heterocycles. The van der Waals surface area contributed by atoms with E-state index < -0.39 is 6.10 Å². The normalized spacial score (nSPS) is 20.5. The number of ketones is 1. The minimum absolute atomic E-state index is 0.00938. The first kappa shape index (κ1) is 20.1. The lowest BCUT2D eigenvalue weighted by atomic mass is 9.91. The Bertz CT molecular complexity index is 822. The molecule has 28 heavy (non-hydrogen) atoms. The van der Waals surface area contributed by atoms with E-state index in [0.29, 0.717) is 28.7 Å². The lowest BCUT2D eigenvalue weighted by Crippen LogP contribution is -2.47. The van der Waals surface area contributed by atoms with E-state index in [1.165, 1.54) is 24.3 Å². The number of hydrogen-bond donors (Lipinski definition) is 0. The molecule has 1 aliphatic rings. The molecule has 0 spiro atoms. The Hall–Kier alpha value is -2.69. The summed E-state index contributed by atoms with van der Waals surface area (Å²) in [4.78, 5) is 27.0. The van der Waals surface area contributed by atoms with Crippen LogP contribution in [0.4, 0.5) is 4.39 Å². The molecule has 0 unspecified atom stereocenters. The topological polar surface area (TPSA) is 46.6 Å². The Morgan fingerprint density at radius 1 is 0.964 bits per heavy atom. The number of rotatable bonds is 5. The molecule has 3 atom stereocenters. The maximum Gasteiger partial charge on any atom is 0.263 e. The molecule has 0 saturated carbocycles. The van der Waals surface area contributed by atoms with Gasteiger partial charge in [0.25, 0.3) is 5.91 Å². The van der Waals surface area contributed by atoms with Crippen LogP contribution in [0.25, 0.3) is 0 Å². The fraction of sp³-hybridized carbons (Fsp3) is 0.391. The molecule has 2 aromatic carbocycles. The molecule has 1 aliphatic heterocycles. The van der Waals surface area contributed by atoms with Crippen LogP contribution < -0.4 is 4.74 Å². The summed E-state index contributed by atoms with van der Waals surface area (Å²) in [6.45, 7) is 7.62. The van der Waals surface area contributed by atoms with Gasteiger partial charge in [0.2, 0.25) is 0 Å². The number of piperidine rings is 1. The van der Waals surface area contributed by atoms with Gasteiger partial charge in [-0.3, -0.25) is 9.59 Å². The molecule has 4 nitrogen and oxygen atoms in total. The molecular weight excluding hydrogens is 357 g/mol. The van der Waals surface area contributed by atoms with Crippen LogP contribution in [0.5, 0.6) is 5.75 Å². The first-order valence-corrected chi connectivity index (χ1v) is 9.69. The molecule has 0 N–H and O–H groups in total. The van der Waals surface area contributed by atoms with Gasteiger partial charge in [0.15, 0.2) is 11.9 Å². The predicted octanol–water partition coefficient (Wildman–Crippen LogP) is 4.33. The Labute approximate surface area is 165 Å². The maximum absolute atomic E-state index is 13.0. The number of nitrogens with zero attached hydrogens (tertiary/aromatic N) is 1. The van der Waals surface area contributed by atoms with Gasteiger partial charge in [-0.05, 0) is 73.7 Å². The summed E-state index contributed by atoms with van der Waals surface area (Å²) in [6.07, 6.45) is 0.555. The molecular formula is C23H26FNO3. The second-order valence-corrected chi connectivity index (χ2v) is 7.81. The molecule has 1 saturated heterocycles. The van der Waals surface area contributed by atoms with Gasteiger partial charge < -0.3 is 9.64 Å². The summed E-state index contributed by atoms with van der Waals surface area (Å²) in [7, 11) is 0. The van der Waals surface area contributed by atoms with E-state index in [-0.39, 0.29) is 17.5 Å². The largest absolute Gasteiger partial charge is 0.481 e. The number of halogens is 1. The highest BCUT2D eigenvalue weighted by Crippen LogP contribution is 2.23. The van der Waals surface area contributed by atoms with E-state index >= 15 is 0 Å². The van der Waals surface area contributed by atoms with Crippen molar-refractivity contribution in [2.75, 3.05) is 13.1 Å². The van der Waals surface area contributed by atoms with Gasteiger partial charge in [-0.15, -0.1) is 0 Å². The lowest BCUT2D eigenvalue weighted by molar-refractivity contribution is -0.140. The Morgan fingerprint density at radius 3 is 2.00 bits per heavy atom. The average molecular weight is 383 g/mol. The van der Waals surface area contributed by atoms with Gasteiger partial charge in [0, 0.05) is 24.2 Å². The summed E-state index contributed by atoms with van der Waals surface area (Å²) < 4.78 is 18.8. The third kappa shape index (κ3) is 4.77. The van der Waals surface area contributed by atoms with Gasteiger partial charge in [0.05, 0.1) is 0 Å². The fourth-order valence-corrected chi connectivity index (χ4v) is 3.81. The fourth-order valence-electron chi connectivity index (χ4n) is 3.81. The zero-order valence-electron chi connectivity index (χ0n) is 16.5. The summed E-state index contributed by atoms with van der Waals surface area (Å²) in [5.41, 5.74) is 0.906. The number of carbonyl (C=O) groups is 2. The Balaban J connectivity index is 1.62. The van der Waals surface area contributed by atoms with Crippen LogP contribution in [-0.2, 0) is 4.79 Å². The van der Waals surface area contributed by atoms with Crippen LogP contribution in [0.3, 0.4) is 0 Å². The van der Waals surface area contributed by atoms with Crippen molar-refractivity contribution in [3.8, 4) is 5.75 Å². The Kier molecular flexibility index (Phi) is 6.12. The zero-order valence-corrected chi connectivity index (χ0v) is 16.5. The molecule has 0 radical (unpaired) electrons. The van der Waals surface area contributed by atoms with E-state index in [1.807, 2.05) is 4.90 Å². The second-order valence-electron chi connectivity index (χ2n) is 7.81. The van der Waals surface area contributed by atoms with Crippen LogP contribution in [0.2, 0.25) is 0 Å². The molecule has 1 amide bonds. The smallest absolute Gasteiger partial charge is 0.263 e. The maximum atomic E-state index is 13.0. The Morgan fingerprint density at radius 2 is 1.46 bits per heavy atom. The van der Waals surface area contributed by atoms with Gasteiger partial charge in [-0.25, -0.2) is 4.39 Å². The number of benzene rings is 2. The highest BCUT2D eigenvalue weighted by atomic mass is 19.1. The first-order chi connectivity index (χ1) is 13.3. The molecule has 1 fully saturated rings. The van der Waals surface area contributed by atoms with Crippen molar-refractivity contribution in [1.29, 1.82) is 0 Å². The second kappa shape index (κ2) is 8.55. The highest BCUT2D eigenvalue weighted by molar-refractivity contribution is 6.09. The molecule has 0 aliphatic carbocycles. The van der Waals surface area contributed by atoms with Crippen LogP contribution in [-0.4, -0.2) is 35.8 Å². The van der Waals surface area contributed by atoms with Crippen LogP contribution in [0.15, 0.2) is 48.5 Å². The van der Waals surface area contributed by atoms with Crippen molar-refractivity contribution < 1.29 is 18.7 Å². The quantitative estimate of drug-likeness (QED) is 0.722. The van der Waals surface area contributed by atoms with Crippen molar-refractivity contribution in [2.45, 2.75) is 33.3 Å². The standard InChI is InChI=1S/C23H26FNO3/c1-15-12-16(2)14-25(13-15)23(27)17(3)28-21-10-6-19(7-11-21)22(26)18-4-8-20(24)9-5-18/h4-11,15-17H,12-14H2,1-3H3/t15-,16-,17-/m1/s1. The highest BCUT2D eigenvalue weighted by Gasteiger charge is 2.29. The molecule has 5 heteroatoms. The third-order valence-electron chi connectivity index (χ3n) is 5.06. The van der Waals surface area contributed by atoms with E-state index in [0.717, 1.165) is 19.5 Å². The molecule has 148 valence electrons. The molecule has 2 aromatic rings. The van der Waals surface area contributed by atoms with Crippen LogP contribution >= 0.6 is 0 Å². The van der Waals surface area contributed by atoms with Crippen molar-refractivity contribution >= 4 is 11.7 Å². The van der Waals surface area contributed by atoms with E-state index in [4.69, 9.17) is 4.74 Å². The summed E-state index contributed by atoms with van der Waals surface area (Å²) >= 11 is 0. The SMILES string of the molecule is C[C@@H]1C[C@@H](C)CN(C(=O)[C@@H](C)Oc2ccc(C(=O)c3ccc(F)cc3)cc2)C1. The third-order valence-corrected chi connectivity index (χ3v) is 5.06. The van der Waals surface area contributed by atoms with E-state index in [1.54, 1.807) is 31.2 Å². The van der Waals surface area contributed by atoms with Gasteiger partial charge >= 0.3 is 0 Å². The lowest BCUT2D eigenvalue weighted by Gasteiger charge is -2.36. The van der Waals surface area contributed by atoms with Gasteiger partial charge in [0.1, 0.15) is 11.6 Å². The zero-order chi connectivity index (χ0) is 20.3. The number of ether oxygens (including phenoxy) is 1. The van der Waals surface area contributed by atoms with Crippen molar-refractivity contribution in [3.05, 3.63) is 65.5 Å².